The number of nitrogens with one attached hydrogen (secondary N) is 1. The van der Waals surface area contributed by atoms with Crippen molar-refractivity contribution < 1.29 is 0 Å². The van der Waals surface area contributed by atoms with Crippen LogP contribution in [0.3, 0.4) is 0 Å². The van der Waals surface area contributed by atoms with Gasteiger partial charge >= 0.3 is 0 Å². The van der Waals surface area contributed by atoms with Crippen LogP contribution in [0.1, 0.15) is 13.8 Å². The number of hydrogen-bond donors (Lipinski definition) is 1. The SMILES string of the molecule is CC(C)CNc1nccn1-c1ccc2cc(Br)ccc2c1. The van der Waals surface area contributed by atoms with Crippen LogP contribution in [0.5, 0.6) is 0 Å². The summed E-state index contributed by atoms with van der Waals surface area (Å²) in [5.41, 5.74) is 1.12. The standard InChI is InChI=1S/C17H18BrN3/c1-12(2)11-20-17-19-7-8-21(17)16-6-4-13-9-15(18)5-3-14(13)10-16/h3-10,12H,11H2,1-2H3,(H,19,20). The summed E-state index contributed by atoms with van der Waals surface area (Å²) in [5, 5.41) is 5.84. The molecule has 108 valence electrons. The van der Waals surface area contributed by atoms with Gasteiger partial charge in [-0.05, 0) is 41.0 Å². The van der Waals surface area contributed by atoms with Gasteiger partial charge < -0.3 is 5.32 Å². The van der Waals surface area contributed by atoms with Crippen LogP contribution in [0.15, 0.2) is 53.3 Å². The Hall–Kier alpha value is -1.81. The number of benzene rings is 2. The first-order chi connectivity index (χ1) is 10.1. The van der Waals surface area contributed by atoms with E-state index in [1.807, 2.05) is 12.4 Å². The Balaban J connectivity index is 1.97. The summed E-state index contributed by atoms with van der Waals surface area (Å²) in [6, 6.07) is 12.8. The van der Waals surface area contributed by atoms with Gasteiger partial charge in [0.15, 0.2) is 0 Å². The van der Waals surface area contributed by atoms with Crippen molar-refractivity contribution in [3.63, 3.8) is 0 Å². The normalized spacial score (nSPS) is 11.2. The quantitative estimate of drug-likeness (QED) is 0.733. The number of halogens is 1. The lowest BCUT2D eigenvalue weighted by atomic mass is 10.1. The van der Waals surface area contributed by atoms with Crippen molar-refractivity contribution in [3.05, 3.63) is 53.3 Å². The molecule has 0 amide bonds. The Morgan fingerprint density at radius 3 is 2.71 bits per heavy atom. The summed E-state index contributed by atoms with van der Waals surface area (Å²) in [6.45, 7) is 5.29. The first kappa shape index (κ1) is 14.1. The maximum atomic E-state index is 4.40. The molecule has 4 heteroatoms. The van der Waals surface area contributed by atoms with E-state index in [4.69, 9.17) is 0 Å². The number of aromatic nitrogens is 2. The van der Waals surface area contributed by atoms with Gasteiger partial charge in [0.1, 0.15) is 0 Å². The third-order valence-corrected chi connectivity index (χ3v) is 3.87. The first-order valence-electron chi connectivity index (χ1n) is 7.10. The molecule has 3 rings (SSSR count). The van der Waals surface area contributed by atoms with E-state index in [0.29, 0.717) is 5.92 Å². The first-order valence-corrected chi connectivity index (χ1v) is 7.90. The van der Waals surface area contributed by atoms with Gasteiger partial charge in [-0.2, -0.15) is 0 Å². The van der Waals surface area contributed by atoms with Gasteiger partial charge in [0.2, 0.25) is 5.95 Å². The second kappa shape index (κ2) is 5.90. The highest BCUT2D eigenvalue weighted by molar-refractivity contribution is 9.10. The van der Waals surface area contributed by atoms with E-state index in [-0.39, 0.29) is 0 Å². The minimum Gasteiger partial charge on any atom is -0.355 e. The average molecular weight is 344 g/mol. The van der Waals surface area contributed by atoms with Crippen molar-refractivity contribution in [3.8, 4) is 5.69 Å². The monoisotopic (exact) mass is 343 g/mol. The molecule has 0 bridgehead atoms. The summed E-state index contributed by atoms with van der Waals surface area (Å²) >= 11 is 3.51. The van der Waals surface area contributed by atoms with E-state index >= 15 is 0 Å². The molecule has 0 saturated heterocycles. The Morgan fingerprint density at radius 2 is 1.90 bits per heavy atom. The molecule has 0 aliphatic rings. The lowest BCUT2D eigenvalue weighted by molar-refractivity contribution is 0.683. The van der Waals surface area contributed by atoms with Crippen LogP contribution < -0.4 is 5.32 Å². The molecule has 2 aromatic carbocycles. The van der Waals surface area contributed by atoms with Crippen molar-refractivity contribution in [2.75, 3.05) is 11.9 Å². The zero-order chi connectivity index (χ0) is 14.8. The molecule has 3 nitrogen and oxygen atoms in total. The fraction of sp³-hybridized carbons (Fsp3) is 0.235. The highest BCUT2D eigenvalue weighted by Gasteiger charge is 2.06. The van der Waals surface area contributed by atoms with Gasteiger partial charge in [-0.3, -0.25) is 4.57 Å². The van der Waals surface area contributed by atoms with Crippen molar-refractivity contribution in [1.29, 1.82) is 0 Å². The zero-order valence-electron chi connectivity index (χ0n) is 12.2. The molecule has 3 aromatic rings. The van der Waals surface area contributed by atoms with Crippen molar-refractivity contribution in [2.24, 2.45) is 5.92 Å². The lowest BCUT2D eigenvalue weighted by Gasteiger charge is -2.12. The van der Waals surface area contributed by atoms with Crippen LogP contribution in [0.25, 0.3) is 16.5 Å². The number of fused-ring (bicyclic) bond motifs is 1. The molecule has 0 unspecified atom stereocenters. The minimum absolute atomic E-state index is 0.587. The molecule has 0 fully saturated rings. The van der Waals surface area contributed by atoms with Crippen LogP contribution in [-0.2, 0) is 0 Å². The molecule has 1 N–H and O–H groups in total. The van der Waals surface area contributed by atoms with Crippen LogP contribution >= 0.6 is 15.9 Å². The predicted molar refractivity (Wildman–Crippen MR) is 92.1 cm³/mol. The summed E-state index contributed by atoms with van der Waals surface area (Å²) in [7, 11) is 0. The highest BCUT2D eigenvalue weighted by Crippen LogP contribution is 2.24. The second-order valence-corrected chi connectivity index (χ2v) is 6.49. The fourth-order valence-electron chi connectivity index (χ4n) is 2.29. The molecule has 0 radical (unpaired) electrons. The second-order valence-electron chi connectivity index (χ2n) is 5.57. The van der Waals surface area contributed by atoms with E-state index in [2.05, 4.69) is 81.0 Å². The Kier molecular flexibility index (Phi) is 3.97. The molecule has 0 atom stereocenters. The Labute approximate surface area is 133 Å². The molecule has 0 saturated carbocycles. The summed E-state index contributed by atoms with van der Waals surface area (Å²) in [4.78, 5) is 4.40. The molecular formula is C17H18BrN3. The van der Waals surface area contributed by atoms with Crippen LogP contribution in [-0.4, -0.2) is 16.1 Å². The van der Waals surface area contributed by atoms with Gasteiger partial charge in [0.25, 0.3) is 0 Å². The number of imidazole rings is 1. The van der Waals surface area contributed by atoms with Crippen molar-refractivity contribution >= 4 is 32.7 Å². The maximum absolute atomic E-state index is 4.40. The van der Waals surface area contributed by atoms with Gasteiger partial charge in [0.05, 0.1) is 0 Å². The zero-order valence-corrected chi connectivity index (χ0v) is 13.8. The summed E-state index contributed by atoms with van der Waals surface area (Å²) in [6.07, 6.45) is 3.82. The molecule has 0 aliphatic heterocycles. The van der Waals surface area contributed by atoms with Gasteiger partial charge in [0, 0.05) is 29.1 Å². The van der Waals surface area contributed by atoms with Crippen LogP contribution in [0, 0.1) is 5.92 Å². The van der Waals surface area contributed by atoms with E-state index in [0.717, 1.165) is 22.7 Å². The molecule has 0 spiro atoms. The third-order valence-electron chi connectivity index (χ3n) is 3.37. The number of nitrogens with zero attached hydrogens (tertiary/aromatic N) is 2. The van der Waals surface area contributed by atoms with Crippen LogP contribution in [0.2, 0.25) is 0 Å². The Morgan fingerprint density at radius 1 is 1.14 bits per heavy atom. The fourth-order valence-corrected chi connectivity index (χ4v) is 2.67. The predicted octanol–water partition coefficient (Wildman–Crippen LogP) is 4.86. The van der Waals surface area contributed by atoms with Gasteiger partial charge in [-0.25, -0.2) is 4.98 Å². The van der Waals surface area contributed by atoms with E-state index in [1.54, 1.807) is 0 Å². The summed E-state index contributed by atoms with van der Waals surface area (Å²) < 4.78 is 3.19. The van der Waals surface area contributed by atoms with E-state index < -0.39 is 0 Å². The van der Waals surface area contributed by atoms with Gasteiger partial charge in [-0.15, -0.1) is 0 Å². The average Bonchev–Trinajstić information content (AvgIpc) is 2.93. The van der Waals surface area contributed by atoms with Crippen molar-refractivity contribution in [2.45, 2.75) is 13.8 Å². The minimum atomic E-state index is 0.587. The molecule has 1 aromatic heterocycles. The molecular weight excluding hydrogens is 326 g/mol. The topological polar surface area (TPSA) is 29.9 Å². The smallest absolute Gasteiger partial charge is 0.207 e. The molecule has 1 heterocycles. The van der Waals surface area contributed by atoms with Gasteiger partial charge in [-0.1, -0.05) is 41.9 Å². The lowest BCUT2D eigenvalue weighted by Crippen LogP contribution is -2.11. The summed E-state index contributed by atoms with van der Waals surface area (Å²) in [5.74, 6) is 1.48. The largest absolute Gasteiger partial charge is 0.355 e. The maximum Gasteiger partial charge on any atom is 0.207 e. The number of rotatable bonds is 4. The van der Waals surface area contributed by atoms with Crippen LogP contribution in [0.4, 0.5) is 5.95 Å². The molecule has 0 aliphatic carbocycles. The van der Waals surface area contributed by atoms with Crippen molar-refractivity contribution in [1.82, 2.24) is 9.55 Å². The number of anilines is 1. The highest BCUT2D eigenvalue weighted by atomic mass is 79.9. The van der Waals surface area contributed by atoms with E-state index in [1.165, 1.54) is 10.8 Å². The Bertz CT molecular complexity index is 762. The van der Waals surface area contributed by atoms with E-state index in [9.17, 15) is 0 Å². The number of hydrogen-bond acceptors (Lipinski definition) is 2. The molecule has 21 heavy (non-hydrogen) atoms. The third kappa shape index (κ3) is 3.10.